The van der Waals surface area contributed by atoms with E-state index in [9.17, 15) is 14.4 Å². The minimum absolute atomic E-state index is 0.280. The van der Waals surface area contributed by atoms with Crippen LogP contribution in [0, 0.1) is 5.92 Å². The van der Waals surface area contributed by atoms with Gasteiger partial charge in [-0.1, -0.05) is 24.3 Å². The van der Waals surface area contributed by atoms with Gasteiger partial charge in [-0.25, -0.2) is 9.59 Å². The Balaban J connectivity index is 2.44. The fourth-order valence-electron chi connectivity index (χ4n) is 3.37. The number of hydrogen-bond acceptors (Lipinski definition) is 6. The molecule has 6 heteroatoms. The summed E-state index contributed by atoms with van der Waals surface area (Å²) >= 11 is 0. The van der Waals surface area contributed by atoms with Crippen molar-refractivity contribution in [3.05, 3.63) is 47.1 Å². The van der Waals surface area contributed by atoms with Gasteiger partial charge >= 0.3 is 17.9 Å². The van der Waals surface area contributed by atoms with E-state index in [0.29, 0.717) is 18.4 Å². The highest BCUT2D eigenvalue weighted by molar-refractivity contribution is 5.92. The average Bonchev–Trinajstić information content (AvgIpc) is 2.89. The third-order valence-corrected chi connectivity index (χ3v) is 5.12. The van der Waals surface area contributed by atoms with Crippen molar-refractivity contribution in [2.24, 2.45) is 5.92 Å². The number of carbonyl (C=O) groups is 3. The largest absolute Gasteiger partial charge is 0.458 e. The van der Waals surface area contributed by atoms with Gasteiger partial charge in [-0.3, -0.25) is 4.79 Å². The molecule has 1 saturated heterocycles. The third kappa shape index (κ3) is 5.00. The smallest absolute Gasteiger partial charge is 0.334 e. The van der Waals surface area contributed by atoms with Crippen LogP contribution in [-0.2, 0) is 28.6 Å². The molecule has 2 aliphatic rings. The molecule has 2 rings (SSSR count). The second-order valence-electron chi connectivity index (χ2n) is 7.34. The molecular formula is C22H28O6. The first-order chi connectivity index (χ1) is 13.1. The van der Waals surface area contributed by atoms with Crippen LogP contribution in [0.5, 0.6) is 0 Å². The minimum atomic E-state index is -0.632. The lowest BCUT2D eigenvalue weighted by atomic mass is 9.85. The molecule has 0 amide bonds. The van der Waals surface area contributed by atoms with Crippen LogP contribution in [0.15, 0.2) is 47.1 Å². The topological polar surface area (TPSA) is 78.9 Å². The summed E-state index contributed by atoms with van der Waals surface area (Å²) in [5, 5.41) is 0. The van der Waals surface area contributed by atoms with Gasteiger partial charge in [0.2, 0.25) is 0 Å². The lowest BCUT2D eigenvalue weighted by molar-refractivity contribution is -0.148. The van der Waals surface area contributed by atoms with Gasteiger partial charge in [0.1, 0.15) is 18.3 Å². The quantitative estimate of drug-likeness (QED) is 0.318. The Morgan fingerprint density at radius 3 is 2.54 bits per heavy atom. The first-order valence-electron chi connectivity index (χ1n) is 9.38. The maximum atomic E-state index is 12.4. The van der Waals surface area contributed by atoms with Gasteiger partial charge in [0.15, 0.2) is 0 Å². The van der Waals surface area contributed by atoms with Crippen molar-refractivity contribution in [3.8, 4) is 0 Å². The third-order valence-electron chi connectivity index (χ3n) is 5.12. The number of carbonyl (C=O) groups excluding carboxylic acids is 3. The molecule has 0 N–H and O–H groups in total. The average molecular weight is 388 g/mol. The van der Waals surface area contributed by atoms with Crippen molar-refractivity contribution in [2.75, 3.05) is 0 Å². The standard InChI is InChI=1S/C22H28O6/c1-7-13(3)21(24)27-18-10-12(2)8-9-17(26-16(6)23)14(4)11-19-20(18)15(5)22(25)28-19/h7-8,11,17-20H,5,9-10H2,1-4,6H3/b12-8-,13-7+,14-11-/t17-,18+,19-,20+/m0/s1. The van der Waals surface area contributed by atoms with E-state index in [0.717, 1.165) is 11.1 Å². The lowest BCUT2D eigenvalue weighted by Gasteiger charge is -2.28. The van der Waals surface area contributed by atoms with Gasteiger partial charge in [0.05, 0.1) is 5.92 Å². The van der Waals surface area contributed by atoms with Gasteiger partial charge in [-0.15, -0.1) is 0 Å². The molecule has 4 atom stereocenters. The van der Waals surface area contributed by atoms with Gasteiger partial charge in [-0.2, -0.15) is 0 Å². The Kier molecular flexibility index (Phi) is 7.00. The second kappa shape index (κ2) is 9.04. The molecule has 28 heavy (non-hydrogen) atoms. The molecule has 6 nitrogen and oxygen atoms in total. The Hall–Kier alpha value is -2.63. The van der Waals surface area contributed by atoms with Crippen LogP contribution in [-0.4, -0.2) is 36.2 Å². The summed E-state index contributed by atoms with van der Waals surface area (Å²) in [6, 6.07) is 0. The van der Waals surface area contributed by atoms with Crippen LogP contribution in [0.1, 0.15) is 47.5 Å². The van der Waals surface area contributed by atoms with Crippen molar-refractivity contribution in [2.45, 2.75) is 65.8 Å². The van der Waals surface area contributed by atoms with E-state index in [1.165, 1.54) is 6.92 Å². The summed E-state index contributed by atoms with van der Waals surface area (Å²) in [4.78, 5) is 36.0. The van der Waals surface area contributed by atoms with Crippen LogP contribution >= 0.6 is 0 Å². The molecule has 0 aromatic rings. The van der Waals surface area contributed by atoms with E-state index in [2.05, 4.69) is 6.58 Å². The molecule has 0 saturated carbocycles. The first kappa shape index (κ1) is 21.7. The minimum Gasteiger partial charge on any atom is -0.458 e. The van der Waals surface area contributed by atoms with Crippen LogP contribution < -0.4 is 0 Å². The molecule has 1 aliphatic heterocycles. The van der Waals surface area contributed by atoms with Crippen LogP contribution in [0.2, 0.25) is 0 Å². The predicted molar refractivity (Wildman–Crippen MR) is 104 cm³/mol. The summed E-state index contributed by atoms with van der Waals surface area (Å²) in [6.07, 6.45) is 4.69. The Morgan fingerprint density at radius 2 is 1.93 bits per heavy atom. The summed E-state index contributed by atoms with van der Waals surface area (Å²) in [6.45, 7) is 12.4. The molecule has 0 aromatic heterocycles. The highest BCUT2D eigenvalue weighted by Crippen LogP contribution is 2.36. The fourth-order valence-corrected chi connectivity index (χ4v) is 3.37. The molecule has 1 aliphatic carbocycles. The molecule has 152 valence electrons. The lowest BCUT2D eigenvalue weighted by Crippen LogP contribution is -2.34. The summed E-state index contributed by atoms with van der Waals surface area (Å²) in [5.74, 6) is -1.82. The van der Waals surface area contributed by atoms with Crippen LogP contribution in [0.3, 0.4) is 0 Å². The van der Waals surface area contributed by atoms with Crippen molar-refractivity contribution < 1.29 is 28.6 Å². The van der Waals surface area contributed by atoms with E-state index in [4.69, 9.17) is 14.2 Å². The summed E-state index contributed by atoms with van der Waals surface area (Å²) in [7, 11) is 0. The maximum Gasteiger partial charge on any atom is 0.334 e. The molecule has 0 bridgehead atoms. The van der Waals surface area contributed by atoms with Gasteiger partial charge in [0, 0.05) is 30.9 Å². The van der Waals surface area contributed by atoms with E-state index in [1.54, 1.807) is 26.0 Å². The summed E-state index contributed by atoms with van der Waals surface area (Å²) in [5.41, 5.74) is 2.51. The SMILES string of the molecule is C=C1C(=O)O[C@H]2/C=C(/C)[C@@H](OC(C)=O)C/C=C(/C)C[C@@H](OC(=O)/C(C)=C/C)[C@@H]12. The number of rotatable bonds is 3. The van der Waals surface area contributed by atoms with Crippen molar-refractivity contribution in [3.63, 3.8) is 0 Å². The van der Waals surface area contributed by atoms with Crippen molar-refractivity contribution in [1.29, 1.82) is 0 Å². The number of hydrogen-bond donors (Lipinski definition) is 0. The van der Waals surface area contributed by atoms with Crippen molar-refractivity contribution in [1.82, 2.24) is 0 Å². The van der Waals surface area contributed by atoms with Crippen LogP contribution in [0.25, 0.3) is 0 Å². The normalized spacial score (nSPS) is 32.2. The molecular weight excluding hydrogens is 360 g/mol. The number of esters is 3. The highest BCUT2D eigenvalue weighted by Gasteiger charge is 2.44. The number of fused-ring (bicyclic) bond motifs is 1. The molecule has 0 unspecified atom stereocenters. The highest BCUT2D eigenvalue weighted by atomic mass is 16.6. The Labute approximate surface area is 165 Å². The number of ether oxygens (including phenoxy) is 3. The van der Waals surface area contributed by atoms with Gasteiger partial charge in [0.25, 0.3) is 0 Å². The molecule has 1 fully saturated rings. The van der Waals surface area contributed by atoms with E-state index in [-0.39, 0.29) is 11.5 Å². The monoisotopic (exact) mass is 388 g/mol. The number of allylic oxidation sites excluding steroid dienone is 1. The second-order valence-corrected chi connectivity index (χ2v) is 7.34. The van der Waals surface area contributed by atoms with Gasteiger partial charge in [-0.05, 0) is 39.3 Å². The van der Waals surface area contributed by atoms with Crippen LogP contribution in [0.4, 0.5) is 0 Å². The first-order valence-corrected chi connectivity index (χ1v) is 9.38. The fraction of sp³-hybridized carbons (Fsp3) is 0.500. The molecule has 1 heterocycles. The molecule has 0 radical (unpaired) electrons. The van der Waals surface area contributed by atoms with E-state index >= 15 is 0 Å². The summed E-state index contributed by atoms with van der Waals surface area (Å²) < 4.78 is 16.7. The zero-order valence-electron chi connectivity index (χ0n) is 17.1. The molecule has 0 aromatic carbocycles. The predicted octanol–water partition coefficient (Wildman–Crippen LogP) is 3.58. The van der Waals surface area contributed by atoms with Gasteiger partial charge < -0.3 is 14.2 Å². The Bertz CT molecular complexity index is 770. The Morgan fingerprint density at radius 1 is 1.25 bits per heavy atom. The zero-order valence-corrected chi connectivity index (χ0v) is 17.1. The van der Waals surface area contributed by atoms with Crippen molar-refractivity contribution >= 4 is 17.9 Å². The van der Waals surface area contributed by atoms with E-state index < -0.39 is 36.2 Å². The van der Waals surface area contributed by atoms with E-state index in [1.807, 2.05) is 19.9 Å². The maximum absolute atomic E-state index is 12.4. The molecule has 0 spiro atoms. The zero-order chi connectivity index (χ0) is 21.0.